The van der Waals surface area contributed by atoms with E-state index in [0.717, 1.165) is 20.9 Å². The number of halogens is 1. The molecule has 0 aliphatic rings. The Morgan fingerprint density at radius 1 is 1.56 bits per heavy atom. The second kappa shape index (κ2) is 5.85. The summed E-state index contributed by atoms with van der Waals surface area (Å²) in [6, 6.07) is 7.89. The number of nitrogens with zero attached hydrogens (tertiary/aromatic N) is 2. The third-order valence-corrected chi connectivity index (χ3v) is 3.64. The molecule has 0 aliphatic heterocycles. The lowest BCUT2D eigenvalue weighted by molar-refractivity contribution is 0.410. The predicted molar refractivity (Wildman–Crippen MR) is 74.8 cm³/mol. The lowest BCUT2D eigenvalue weighted by Gasteiger charge is -2.09. The Kier molecular flexibility index (Phi) is 4.18. The van der Waals surface area contributed by atoms with Crippen molar-refractivity contribution >= 4 is 32.4 Å². The number of thiazole rings is 1. The highest BCUT2D eigenvalue weighted by atomic mass is 79.9. The topological polar surface area (TPSA) is 57.9 Å². The Bertz CT molecular complexity index is 591. The van der Waals surface area contributed by atoms with E-state index in [9.17, 15) is 0 Å². The molecule has 2 rings (SSSR count). The SMILES string of the molecule is COc1ccc(Br)cc1CNc1ncc(C#N)s1. The highest BCUT2D eigenvalue weighted by Crippen LogP contribution is 2.25. The first-order chi connectivity index (χ1) is 8.72. The van der Waals surface area contributed by atoms with E-state index in [1.54, 1.807) is 13.3 Å². The quantitative estimate of drug-likeness (QED) is 0.936. The summed E-state index contributed by atoms with van der Waals surface area (Å²) in [4.78, 5) is 4.71. The number of anilines is 1. The molecule has 0 fully saturated rings. The van der Waals surface area contributed by atoms with E-state index in [-0.39, 0.29) is 0 Å². The van der Waals surface area contributed by atoms with Crippen LogP contribution < -0.4 is 10.1 Å². The third kappa shape index (κ3) is 3.00. The van der Waals surface area contributed by atoms with Gasteiger partial charge >= 0.3 is 0 Å². The van der Waals surface area contributed by atoms with Gasteiger partial charge in [0.25, 0.3) is 0 Å². The first kappa shape index (κ1) is 12.9. The van der Waals surface area contributed by atoms with Crippen molar-refractivity contribution in [1.82, 2.24) is 4.98 Å². The smallest absolute Gasteiger partial charge is 0.184 e. The normalized spacial score (nSPS) is 9.83. The second-order valence-corrected chi connectivity index (χ2v) is 5.40. The van der Waals surface area contributed by atoms with Crippen LogP contribution in [0.3, 0.4) is 0 Å². The average Bonchev–Trinajstić information content (AvgIpc) is 2.84. The molecule has 1 heterocycles. The van der Waals surface area contributed by atoms with Crippen molar-refractivity contribution in [2.75, 3.05) is 12.4 Å². The molecule has 92 valence electrons. The molecule has 1 N–H and O–H groups in total. The maximum Gasteiger partial charge on any atom is 0.184 e. The summed E-state index contributed by atoms with van der Waals surface area (Å²) in [5.41, 5.74) is 1.03. The van der Waals surface area contributed by atoms with Crippen molar-refractivity contribution in [3.8, 4) is 11.8 Å². The van der Waals surface area contributed by atoms with Crippen LogP contribution in [0.1, 0.15) is 10.4 Å². The Balaban J connectivity index is 2.10. The molecule has 0 unspecified atom stereocenters. The average molecular weight is 324 g/mol. The summed E-state index contributed by atoms with van der Waals surface area (Å²) in [5, 5.41) is 12.6. The first-order valence-corrected chi connectivity index (χ1v) is 6.76. The summed E-state index contributed by atoms with van der Waals surface area (Å²) in [6.07, 6.45) is 1.56. The van der Waals surface area contributed by atoms with Gasteiger partial charge < -0.3 is 10.1 Å². The number of aromatic nitrogens is 1. The number of hydrogen-bond donors (Lipinski definition) is 1. The first-order valence-electron chi connectivity index (χ1n) is 5.15. The molecule has 0 radical (unpaired) electrons. The minimum Gasteiger partial charge on any atom is -0.496 e. The van der Waals surface area contributed by atoms with Crippen molar-refractivity contribution in [1.29, 1.82) is 5.26 Å². The van der Waals surface area contributed by atoms with Crippen LogP contribution in [0.15, 0.2) is 28.9 Å². The van der Waals surface area contributed by atoms with E-state index < -0.39 is 0 Å². The summed E-state index contributed by atoms with van der Waals surface area (Å²) in [7, 11) is 1.64. The van der Waals surface area contributed by atoms with Crippen LogP contribution in [0.4, 0.5) is 5.13 Å². The van der Waals surface area contributed by atoms with Gasteiger partial charge in [-0.15, -0.1) is 0 Å². The van der Waals surface area contributed by atoms with E-state index in [2.05, 4.69) is 32.3 Å². The van der Waals surface area contributed by atoms with Crippen LogP contribution in [0.5, 0.6) is 5.75 Å². The molecule has 1 aromatic carbocycles. The highest BCUT2D eigenvalue weighted by molar-refractivity contribution is 9.10. The van der Waals surface area contributed by atoms with Crippen molar-refractivity contribution in [3.63, 3.8) is 0 Å². The van der Waals surface area contributed by atoms with Gasteiger partial charge in [-0.05, 0) is 18.2 Å². The molecule has 0 saturated heterocycles. The summed E-state index contributed by atoms with van der Waals surface area (Å²) < 4.78 is 6.28. The van der Waals surface area contributed by atoms with Gasteiger partial charge in [-0.1, -0.05) is 27.3 Å². The van der Waals surface area contributed by atoms with Gasteiger partial charge in [0.15, 0.2) is 5.13 Å². The molecule has 0 saturated carbocycles. The third-order valence-electron chi connectivity index (χ3n) is 2.29. The molecule has 0 bridgehead atoms. The fraction of sp³-hybridized carbons (Fsp3) is 0.167. The predicted octanol–water partition coefficient (Wildman–Crippen LogP) is 3.40. The molecule has 0 spiro atoms. The molecule has 4 nitrogen and oxygen atoms in total. The van der Waals surface area contributed by atoms with Crippen LogP contribution in [-0.4, -0.2) is 12.1 Å². The van der Waals surface area contributed by atoms with E-state index in [4.69, 9.17) is 10.00 Å². The summed E-state index contributed by atoms with van der Waals surface area (Å²) in [6.45, 7) is 0.598. The fourth-order valence-corrected chi connectivity index (χ4v) is 2.48. The largest absolute Gasteiger partial charge is 0.496 e. The second-order valence-electron chi connectivity index (χ2n) is 3.45. The Hall–Kier alpha value is -1.58. The van der Waals surface area contributed by atoms with Crippen LogP contribution in [0.2, 0.25) is 0 Å². The van der Waals surface area contributed by atoms with Crippen LogP contribution in [0.25, 0.3) is 0 Å². The molecule has 1 aromatic heterocycles. The maximum absolute atomic E-state index is 8.72. The van der Waals surface area contributed by atoms with Crippen LogP contribution in [0, 0.1) is 11.3 Å². The zero-order valence-corrected chi connectivity index (χ0v) is 12.0. The number of nitriles is 1. The Morgan fingerprint density at radius 3 is 3.06 bits per heavy atom. The van der Waals surface area contributed by atoms with Crippen molar-refractivity contribution < 1.29 is 4.74 Å². The molecule has 0 amide bonds. The van der Waals surface area contributed by atoms with Crippen molar-refractivity contribution in [3.05, 3.63) is 39.3 Å². The zero-order chi connectivity index (χ0) is 13.0. The molecule has 2 aromatic rings. The van der Waals surface area contributed by atoms with Gasteiger partial charge in [-0.2, -0.15) is 5.26 Å². The van der Waals surface area contributed by atoms with E-state index >= 15 is 0 Å². The van der Waals surface area contributed by atoms with Crippen molar-refractivity contribution in [2.45, 2.75) is 6.54 Å². The van der Waals surface area contributed by atoms with Crippen LogP contribution in [-0.2, 0) is 6.54 Å². The van der Waals surface area contributed by atoms with Crippen LogP contribution >= 0.6 is 27.3 Å². The van der Waals surface area contributed by atoms with Gasteiger partial charge in [-0.25, -0.2) is 4.98 Å². The highest BCUT2D eigenvalue weighted by Gasteiger charge is 2.05. The van der Waals surface area contributed by atoms with Gasteiger partial charge in [0.1, 0.15) is 16.7 Å². The zero-order valence-electron chi connectivity index (χ0n) is 9.61. The minimum absolute atomic E-state index is 0.596. The van der Waals surface area contributed by atoms with Crippen molar-refractivity contribution in [2.24, 2.45) is 0 Å². The number of benzene rings is 1. The van der Waals surface area contributed by atoms with E-state index in [0.29, 0.717) is 11.4 Å². The number of ether oxygens (including phenoxy) is 1. The standard InChI is InChI=1S/C12H10BrN3OS/c1-17-11-3-2-9(13)4-8(11)6-15-12-16-7-10(5-14)18-12/h2-4,7H,6H2,1H3,(H,15,16). The number of hydrogen-bond acceptors (Lipinski definition) is 5. The molecule has 0 atom stereocenters. The number of methoxy groups -OCH3 is 1. The van der Waals surface area contributed by atoms with Gasteiger partial charge in [0, 0.05) is 16.6 Å². The molecule has 0 aliphatic carbocycles. The monoisotopic (exact) mass is 323 g/mol. The maximum atomic E-state index is 8.72. The van der Waals surface area contributed by atoms with E-state index in [1.165, 1.54) is 11.3 Å². The lowest BCUT2D eigenvalue weighted by Crippen LogP contribution is -2.01. The molecular weight excluding hydrogens is 314 g/mol. The molecule has 6 heteroatoms. The summed E-state index contributed by atoms with van der Waals surface area (Å²) >= 11 is 4.76. The molecule has 18 heavy (non-hydrogen) atoms. The number of nitrogens with one attached hydrogen (secondary N) is 1. The van der Waals surface area contributed by atoms with Gasteiger partial charge in [0.2, 0.25) is 0 Å². The number of rotatable bonds is 4. The minimum atomic E-state index is 0.596. The fourth-order valence-electron chi connectivity index (χ4n) is 1.46. The molecular formula is C12H10BrN3OS. The van der Waals surface area contributed by atoms with Gasteiger partial charge in [0.05, 0.1) is 13.3 Å². The Morgan fingerprint density at radius 2 is 2.39 bits per heavy atom. The lowest BCUT2D eigenvalue weighted by atomic mass is 10.2. The van der Waals surface area contributed by atoms with E-state index in [1.807, 2.05) is 18.2 Å². The summed E-state index contributed by atoms with van der Waals surface area (Å²) in [5.74, 6) is 0.822. The van der Waals surface area contributed by atoms with Gasteiger partial charge in [-0.3, -0.25) is 0 Å². The Labute approximate surface area is 117 Å².